The lowest BCUT2D eigenvalue weighted by molar-refractivity contribution is 0.281. The highest BCUT2D eigenvalue weighted by Crippen LogP contribution is 2.33. The van der Waals surface area contributed by atoms with Crippen LogP contribution >= 0.6 is 0 Å². The van der Waals surface area contributed by atoms with Gasteiger partial charge in [0, 0.05) is 44.4 Å². The fourth-order valence-corrected chi connectivity index (χ4v) is 4.71. The number of aliphatic hydroxyl groups excluding tert-OH is 1. The van der Waals surface area contributed by atoms with Gasteiger partial charge in [-0.3, -0.25) is 4.98 Å². The van der Waals surface area contributed by atoms with E-state index in [4.69, 9.17) is 9.51 Å². The summed E-state index contributed by atoms with van der Waals surface area (Å²) in [6.07, 6.45) is 1.65. The van der Waals surface area contributed by atoms with Crippen molar-refractivity contribution >= 4 is 10.2 Å². The van der Waals surface area contributed by atoms with Crippen molar-refractivity contribution in [3.05, 3.63) is 34.8 Å². The molecule has 0 spiro atoms. The van der Waals surface area contributed by atoms with Crippen LogP contribution < -0.4 is 0 Å². The Bertz CT molecular complexity index is 904. The molecule has 0 saturated carbocycles. The molecule has 2 aromatic rings. The molecule has 0 aromatic carbocycles. The van der Waals surface area contributed by atoms with Crippen molar-refractivity contribution in [3.63, 3.8) is 0 Å². The Morgan fingerprint density at radius 2 is 2.07 bits per heavy atom. The van der Waals surface area contributed by atoms with E-state index in [-0.39, 0.29) is 12.5 Å². The first-order chi connectivity index (χ1) is 12.8. The zero-order valence-electron chi connectivity index (χ0n) is 16.1. The van der Waals surface area contributed by atoms with Crippen LogP contribution in [0.4, 0.5) is 0 Å². The molecular weight excluding hydrogens is 368 g/mol. The number of aliphatic hydroxyl groups is 1. The van der Waals surface area contributed by atoms with Gasteiger partial charge in [-0.25, -0.2) is 0 Å². The van der Waals surface area contributed by atoms with Crippen molar-refractivity contribution < 1.29 is 18.0 Å². The van der Waals surface area contributed by atoms with Crippen molar-refractivity contribution in [2.24, 2.45) is 0 Å². The summed E-state index contributed by atoms with van der Waals surface area (Å²) in [5.41, 5.74) is 3.67. The molecule has 148 valence electrons. The molecule has 3 rings (SSSR count). The van der Waals surface area contributed by atoms with Crippen molar-refractivity contribution in [2.75, 3.05) is 27.2 Å². The fourth-order valence-electron chi connectivity index (χ4n) is 3.52. The van der Waals surface area contributed by atoms with Crippen LogP contribution in [0.1, 0.15) is 41.5 Å². The lowest BCUT2D eigenvalue weighted by atomic mass is 9.94. The van der Waals surface area contributed by atoms with Crippen LogP contribution in [0.3, 0.4) is 0 Å². The number of hydrogen-bond donors (Lipinski definition) is 1. The molecule has 0 bridgehead atoms. The van der Waals surface area contributed by atoms with Crippen LogP contribution in [0.15, 0.2) is 16.7 Å². The minimum absolute atomic E-state index is 0.000408. The van der Waals surface area contributed by atoms with E-state index in [1.807, 2.05) is 26.0 Å². The number of aromatic nitrogens is 2. The number of pyridine rings is 1. The van der Waals surface area contributed by atoms with E-state index >= 15 is 0 Å². The summed E-state index contributed by atoms with van der Waals surface area (Å²) in [5.74, 6) is 0.646. The average Bonchev–Trinajstić information content (AvgIpc) is 2.99. The van der Waals surface area contributed by atoms with E-state index in [2.05, 4.69) is 5.16 Å². The normalized spacial score (nSPS) is 19.0. The SMILES string of the molecule is Cc1noc(C)c1-c1nc([C@@H]2CCCN(S(=O)(=O)N(C)C)C2)ccc1CO. The topological polar surface area (TPSA) is 99.8 Å². The monoisotopic (exact) mass is 394 g/mol. The molecule has 27 heavy (non-hydrogen) atoms. The summed E-state index contributed by atoms with van der Waals surface area (Å²) in [6, 6.07) is 3.73. The first-order valence-electron chi connectivity index (χ1n) is 8.97. The maximum absolute atomic E-state index is 12.5. The molecule has 8 nitrogen and oxygen atoms in total. The molecule has 1 aliphatic heterocycles. The molecule has 2 aromatic heterocycles. The van der Waals surface area contributed by atoms with Crippen LogP contribution in [0.25, 0.3) is 11.3 Å². The van der Waals surface area contributed by atoms with E-state index in [9.17, 15) is 13.5 Å². The highest BCUT2D eigenvalue weighted by Gasteiger charge is 2.32. The second kappa shape index (κ2) is 7.67. The Hall–Kier alpha value is -1.81. The van der Waals surface area contributed by atoms with E-state index in [1.54, 1.807) is 14.1 Å². The van der Waals surface area contributed by atoms with Gasteiger partial charge in [0.15, 0.2) is 0 Å². The fraction of sp³-hybridized carbons (Fsp3) is 0.556. The highest BCUT2D eigenvalue weighted by atomic mass is 32.2. The summed E-state index contributed by atoms with van der Waals surface area (Å²) in [4.78, 5) is 4.80. The smallest absolute Gasteiger partial charge is 0.281 e. The van der Waals surface area contributed by atoms with Crippen molar-refractivity contribution in [2.45, 2.75) is 39.2 Å². The van der Waals surface area contributed by atoms with Gasteiger partial charge in [0.2, 0.25) is 0 Å². The Morgan fingerprint density at radius 1 is 1.33 bits per heavy atom. The van der Waals surface area contributed by atoms with Gasteiger partial charge < -0.3 is 9.63 Å². The van der Waals surface area contributed by atoms with Gasteiger partial charge in [0.25, 0.3) is 10.2 Å². The number of piperidine rings is 1. The maximum atomic E-state index is 12.5. The molecule has 1 fully saturated rings. The molecule has 0 amide bonds. The van der Waals surface area contributed by atoms with Gasteiger partial charge in [-0.1, -0.05) is 11.2 Å². The van der Waals surface area contributed by atoms with Gasteiger partial charge >= 0.3 is 0 Å². The number of hydrogen-bond acceptors (Lipinski definition) is 6. The number of nitrogens with zero attached hydrogens (tertiary/aromatic N) is 4. The van der Waals surface area contributed by atoms with Crippen LogP contribution in [0.5, 0.6) is 0 Å². The minimum atomic E-state index is -3.45. The maximum Gasteiger partial charge on any atom is 0.281 e. The molecule has 9 heteroatoms. The molecule has 1 aliphatic rings. The van der Waals surface area contributed by atoms with Crippen molar-refractivity contribution in [1.29, 1.82) is 0 Å². The molecule has 0 radical (unpaired) electrons. The van der Waals surface area contributed by atoms with Crippen LogP contribution in [-0.2, 0) is 16.8 Å². The summed E-state index contributed by atoms with van der Waals surface area (Å²) >= 11 is 0. The number of rotatable bonds is 5. The third-order valence-electron chi connectivity index (χ3n) is 5.03. The lowest BCUT2D eigenvalue weighted by Crippen LogP contribution is -2.45. The van der Waals surface area contributed by atoms with E-state index in [0.29, 0.717) is 35.8 Å². The molecule has 3 heterocycles. The first-order valence-corrected chi connectivity index (χ1v) is 10.4. The van der Waals surface area contributed by atoms with Crippen molar-refractivity contribution in [3.8, 4) is 11.3 Å². The van der Waals surface area contributed by atoms with Crippen LogP contribution in [-0.4, -0.2) is 59.5 Å². The second-order valence-corrected chi connectivity index (χ2v) is 9.23. The van der Waals surface area contributed by atoms with Crippen LogP contribution in [0.2, 0.25) is 0 Å². The van der Waals surface area contributed by atoms with Gasteiger partial charge in [-0.15, -0.1) is 0 Å². The Balaban J connectivity index is 1.97. The quantitative estimate of drug-likeness (QED) is 0.830. The van der Waals surface area contributed by atoms with Crippen LogP contribution in [0, 0.1) is 13.8 Å². The summed E-state index contributed by atoms with van der Waals surface area (Å²) < 4.78 is 33.0. The van der Waals surface area contributed by atoms with Gasteiger partial charge in [-0.2, -0.15) is 17.0 Å². The molecule has 1 saturated heterocycles. The average molecular weight is 394 g/mol. The van der Waals surface area contributed by atoms with E-state index in [0.717, 1.165) is 24.1 Å². The van der Waals surface area contributed by atoms with E-state index < -0.39 is 10.2 Å². The minimum Gasteiger partial charge on any atom is -0.392 e. The van der Waals surface area contributed by atoms with Crippen molar-refractivity contribution in [1.82, 2.24) is 18.8 Å². The van der Waals surface area contributed by atoms with E-state index in [1.165, 1.54) is 8.61 Å². The third kappa shape index (κ3) is 3.77. The highest BCUT2D eigenvalue weighted by molar-refractivity contribution is 7.86. The van der Waals surface area contributed by atoms with Gasteiger partial charge in [0.05, 0.1) is 23.6 Å². The molecule has 1 N–H and O–H groups in total. The molecule has 0 aliphatic carbocycles. The summed E-state index contributed by atoms with van der Waals surface area (Å²) in [5, 5.41) is 13.7. The summed E-state index contributed by atoms with van der Waals surface area (Å²) in [7, 11) is -0.358. The Labute approximate surface area is 160 Å². The third-order valence-corrected chi connectivity index (χ3v) is 6.94. The molecule has 0 unspecified atom stereocenters. The predicted molar refractivity (Wildman–Crippen MR) is 101 cm³/mol. The Morgan fingerprint density at radius 3 is 2.67 bits per heavy atom. The number of aryl methyl sites for hydroxylation is 2. The first kappa shape index (κ1) is 19.9. The predicted octanol–water partition coefficient (Wildman–Crippen LogP) is 1.83. The summed E-state index contributed by atoms with van der Waals surface area (Å²) in [6.45, 7) is 4.43. The lowest BCUT2D eigenvalue weighted by Gasteiger charge is -2.33. The standard InChI is InChI=1S/C18H26N4O4S/c1-12-17(13(2)26-20-12)18-15(11-23)7-8-16(19-18)14-6-5-9-22(10-14)27(24,25)21(3)4/h7-8,14,23H,5-6,9-11H2,1-4H3/t14-/m1/s1. The van der Waals surface area contributed by atoms with Gasteiger partial charge in [-0.05, 0) is 32.8 Å². The zero-order chi connectivity index (χ0) is 19.8. The van der Waals surface area contributed by atoms with Gasteiger partial charge in [0.1, 0.15) is 5.76 Å². The molecule has 1 atom stereocenters. The zero-order valence-corrected chi connectivity index (χ0v) is 17.0. The Kier molecular flexibility index (Phi) is 5.66. The molecular formula is C18H26N4O4S. The second-order valence-electron chi connectivity index (χ2n) is 7.09. The largest absolute Gasteiger partial charge is 0.392 e.